The lowest BCUT2D eigenvalue weighted by Crippen LogP contribution is -1.94. The number of benzene rings is 1. The van der Waals surface area contributed by atoms with Gasteiger partial charge in [-0.25, -0.2) is 4.39 Å². The number of aromatic amines is 1. The molecule has 1 aromatic heterocycles. The van der Waals surface area contributed by atoms with Gasteiger partial charge in [0, 0.05) is 16.6 Å². The van der Waals surface area contributed by atoms with Gasteiger partial charge < -0.3 is 9.72 Å². The third-order valence-corrected chi connectivity index (χ3v) is 2.58. The predicted octanol–water partition coefficient (Wildman–Crippen LogP) is 3.66. The Morgan fingerprint density at radius 2 is 2.12 bits per heavy atom. The highest BCUT2D eigenvalue weighted by molar-refractivity contribution is 5.82. The number of halogens is 1. The van der Waals surface area contributed by atoms with E-state index in [2.05, 4.69) is 11.9 Å². The highest BCUT2D eigenvalue weighted by atomic mass is 19.1. The SMILES string of the molecule is CCCc1cc2c(F)c(OCC)ccc2[nH]1. The quantitative estimate of drug-likeness (QED) is 0.837. The fourth-order valence-electron chi connectivity index (χ4n) is 1.88. The van der Waals surface area contributed by atoms with Gasteiger partial charge in [0.1, 0.15) is 0 Å². The Labute approximate surface area is 94.4 Å². The molecule has 0 saturated carbocycles. The van der Waals surface area contributed by atoms with E-state index in [1.54, 1.807) is 6.07 Å². The zero-order chi connectivity index (χ0) is 11.5. The number of hydrogen-bond donors (Lipinski definition) is 1. The van der Waals surface area contributed by atoms with Gasteiger partial charge in [-0.15, -0.1) is 0 Å². The monoisotopic (exact) mass is 221 g/mol. The van der Waals surface area contributed by atoms with Crippen LogP contribution in [0.3, 0.4) is 0 Å². The van der Waals surface area contributed by atoms with Crippen molar-refractivity contribution in [3.63, 3.8) is 0 Å². The number of H-pyrrole nitrogens is 1. The number of hydrogen-bond acceptors (Lipinski definition) is 1. The van der Waals surface area contributed by atoms with Crippen LogP contribution in [0.25, 0.3) is 10.9 Å². The summed E-state index contributed by atoms with van der Waals surface area (Å²) in [5.74, 6) is 0.0648. The van der Waals surface area contributed by atoms with E-state index in [0.29, 0.717) is 17.7 Å². The Morgan fingerprint density at radius 3 is 2.81 bits per heavy atom. The van der Waals surface area contributed by atoms with Gasteiger partial charge in [-0.1, -0.05) is 13.3 Å². The Hall–Kier alpha value is -1.51. The molecule has 0 atom stereocenters. The molecule has 2 aromatic rings. The second-order valence-electron chi connectivity index (χ2n) is 3.82. The lowest BCUT2D eigenvalue weighted by molar-refractivity contribution is 0.323. The van der Waals surface area contributed by atoms with Crippen molar-refractivity contribution < 1.29 is 9.13 Å². The maximum Gasteiger partial charge on any atom is 0.174 e. The van der Waals surface area contributed by atoms with Crippen molar-refractivity contribution in [2.45, 2.75) is 26.7 Å². The number of fused-ring (bicyclic) bond motifs is 1. The molecule has 0 unspecified atom stereocenters. The molecule has 0 aliphatic rings. The molecule has 0 radical (unpaired) electrons. The van der Waals surface area contributed by atoms with Crippen molar-refractivity contribution in [1.29, 1.82) is 0 Å². The summed E-state index contributed by atoms with van der Waals surface area (Å²) in [7, 11) is 0. The normalized spacial score (nSPS) is 10.9. The Balaban J connectivity index is 2.47. The molecule has 86 valence electrons. The van der Waals surface area contributed by atoms with Crippen LogP contribution >= 0.6 is 0 Å². The van der Waals surface area contributed by atoms with Crippen molar-refractivity contribution in [2.75, 3.05) is 6.61 Å². The van der Waals surface area contributed by atoms with Crippen LogP contribution in [0.1, 0.15) is 26.0 Å². The summed E-state index contributed by atoms with van der Waals surface area (Å²) in [6, 6.07) is 5.41. The first-order valence-electron chi connectivity index (χ1n) is 5.69. The molecule has 2 nitrogen and oxygen atoms in total. The van der Waals surface area contributed by atoms with Crippen LogP contribution in [-0.2, 0) is 6.42 Å². The lowest BCUT2D eigenvalue weighted by atomic mass is 10.2. The first-order valence-corrected chi connectivity index (χ1v) is 5.69. The molecule has 0 bridgehead atoms. The zero-order valence-electron chi connectivity index (χ0n) is 9.64. The number of rotatable bonds is 4. The summed E-state index contributed by atoms with van der Waals surface area (Å²) in [5, 5.41) is 0.620. The predicted molar refractivity (Wildman–Crippen MR) is 63.4 cm³/mol. The van der Waals surface area contributed by atoms with E-state index in [9.17, 15) is 4.39 Å². The van der Waals surface area contributed by atoms with Gasteiger partial charge in [-0.3, -0.25) is 0 Å². The standard InChI is InChI=1S/C13H16FNO/c1-3-5-9-8-10-11(15-9)6-7-12(13(10)14)16-4-2/h6-8,15H,3-5H2,1-2H3. The molecule has 0 fully saturated rings. The summed E-state index contributed by atoms with van der Waals surface area (Å²) < 4.78 is 19.2. The Kier molecular flexibility index (Phi) is 3.13. The summed E-state index contributed by atoms with van der Waals surface area (Å²) in [5.41, 5.74) is 1.91. The van der Waals surface area contributed by atoms with Gasteiger partial charge in [0.2, 0.25) is 0 Å². The van der Waals surface area contributed by atoms with Crippen LogP contribution in [0.15, 0.2) is 18.2 Å². The highest BCUT2D eigenvalue weighted by Crippen LogP contribution is 2.27. The largest absolute Gasteiger partial charge is 0.491 e. The van der Waals surface area contributed by atoms with Crippen molar-refractivity contribution in [2.24, 2.45) is 0 Å². The third-order valence-electron chi connectivity index (χ3n) is 2.58. The minimum atomic E-state index is -0.266. The Bertz CT molecular complexity index is 490. The molecule has 0 saturated heterocycles. The number of aryl methyl sites for hydroxylation is 1. The molecule has 0 aliphatic carbocycles. The van der Waals surface area contributed by atoms with E-state index in [1.807, 2.05) is 19.1 Å². The van der Waals surface area contributed by atoms with Crippen LogP contribution in [0.2, 0.25) is 0 Å². The van der Waals surface area contributed by atoms with E-state index in [-0.39, 0.29) is 5.82 Å². The molecule has 0 spiro atoms. The average Bonchev–Trinajstić information content (AvgIpc) is 2.67. The molecule has 2 rings (SSSR count). The lowest BCUT2D eigenvalue weighted by Gasteiger charge is -2.04. The summed E-state index contributed by atoms with van der Waals surface area (Å²) in [6.07, 6.45) is 1.99. The van der Waals surface area contributed by atoms with Crippen molar-refractivity contribution in [3.05, 3.63) is 29.7 Å². The van der Waals surface area contributed by atoms with Crippen LogP contribution in [-0.4, -0.2) is 11.6 Å². The van der Waals surface area contributed by atoms with Gasteiger partial charge in [-0.05, 0) is 31.5 Å². The zero-order valence-corrected chi connectivity index (χ0v) is 9.64. The average molecular weight is 221 g/mol. The summed E-state index contributed by atoms with van der Waals surface area (Å²) in [4.78, 5) is 3.21. The van der Waals surface area contributed by atoms with Gasteiger partial charge in [-0.2, -0.15) is 0 Å². The Morgan fingerprint density at radius 1 is 1.31 bits per heavy atom. The number of ether oxygens (including phenoxy) is 1. The fourth-order valence-corrected chi connectivity index (χ4v) is 1.88. The van der Waals surface area contributed by atoms with Crippen molar-refractivity contribution in [3.8, 4) is 5.75 Å². The maximum atomic E-state index is 14.0. The molecule has 0 aliphatic heterocycles. The van der Waals surface area contributed by atoms with E-state index in [0.717, 1.165) is 24.1 Å². The minimum Gasteiger partial charge on any atom is -0.491 e. The molecular weight excluding hydrogens is 205 g/mol. The maximum absolute atomic E-state index is 14.0. The molecule has 3 heteroatoms. The van der Waals surface area contributed by atoms with Gasteiger partial charge in [0.25, 0.3) is 0 Å². The van der Waals surface area contributed by atoms with Crippen LogP contribution < -0.4 is 4.74 Å². The molecule has 1 heterocycles. The van der Waals surface area contributed by atoms with E-state index in [4.69, 9.17) is 4.74 Å². The van der Waals surface area contributed by atoms with Crippen LogP contribution in [0.5, 0.6) is 5.75 Å². The van der Waals surface area contributed by atoms with Gasteiger partial charge >= 0.3 is 0 Å². The van der Waals surface area contributed by atoms with Crippen molar-refractivity contribution in [1.82, 2.24) is 4.98 Å². The van der Waals surface area contributed by atoms with Gasteiger partial charge in [0.15, 0.2) is 11.6 Å². The van der Waals surface area contributed by atoms with E-state index < -0.39 is 0 Å². The summed E-state index contributed by atoms with van der Waals surface area (Å²) >= 11 is 0. The molecule has 1 N–H and O–H groups in total. The number of aromatic nitrogens is 1. The number of nitrogens with one attached hydrogen (secondary N) is 1. The van der Waals surface area contributed by atoms with E-state index >= 15 is 0 Å². The summed E-state index contributed by atoms with van der Waals surface area (Å²) in [6.45, 7) is 4.44. The molecule has 0 amide bonds. The smallest absolute Gasteiger partial charge is 0.174 e. The fraction of sp³-hybridized carbons (Fsp3) is 0.385. The minimum absolute atomic E-state index is 0.266. The molecule has 1 aromatic carbocycles. The van der Waals surface area contributed by atoms with Crippen LogP contribution in [0.4, 0.5) is 4.39 Å². The second kappa shape index (κ2) is 4.56. The highest BCUT2D eigenvalue weighted by Gasteiger charge is 2.10. The first-order chi connectivity index (χ1) is 7.76. The van der Waals surface area contributed by atoms with Crippen LogP contribution in [0, 0.1) is 5.82 Å². The third kappa shape index (κ3) is 1.90. The molecular formula is C13H16FNO. The molecule has 16 heavy (non-hydrogen) atoms. The van der Waals surface area contributed by atoms with Crippen molar-refractivity contribution >= 4 is 10.9 Å². The first kappa shape index (κ1) is 11.0. The van der Waals surface area contributed by atoms with E-state index in [1.165, 1.54) is 0 Å². The topological polar surface area (TPSA) is 25.0 Å². The van der Waals surface area contributed by atoms with Gasteiger partial charge in [0.05, 0.1) is 6.61 Å². The second-order valence-corrected chi connectivity index (χ2v) is 3.82.